The number of carbonyl (C=O) groups is 5. The van der Waals surface area contributed by atoms with E-state index in [1.165, 1.54) is 17.9 Å². The van der Waals surface area contributed by atoms with Crippen LogP contribution < -0.4 is 26.5 Å². The van der Waals surface area contributed by atoms with E-state index in [0.29, 0.717) is 34.0 Å². The van der Waals surface area contributed by atoms with Crippen molar-refractivity contribution in [1.82, 2.24) is 14.8 Å². The number of aromatic nitrogens is 3. The van der Waals surface area contributed by atoms with Crippen molar-refractivity contribution in [2.75, 3.05) is 10.2 Å². The summed E-state index contributed by atoms with van der Waals surface area (Å²) >= 11 is 0.701. The molecule has 4 aromatic rings. The second kappa shape index (κ2) is 23.5. The molecule has 21 nitrogen and oxygen atoms in total. The number of benzene rings is 2. The molecule has 322 valence electrons. The number of hydrogen-bond acceptors (Lipinski definition) is 13. The lowest BCUT2D eigenvalue weighted by molar-refractivity contribution is -0.142. The molecule has 0 unspecified atom stereocenters. The average molecular weight is 884 g/mol. The molecular formula is C35H46N7O14PS2. The number of urea groups is 1. The number of primary sulfonamides is 1. The molecule has 5 rings (SSSR count). The Morgan fingerprint density at radius 2 is 1.47 bits per heavy atom. The van der Waals surface area contributed by atoms with Crippen LogP contribution in [0.5, 0.6) is 5.75 Å². The largest absolute Gasteiger partial charge is 0.503 e. The zero-order valence-corrected chi connectivity index (χ0v) is 35.0. The molecule has 3 amide bonds. The van der Waals surface area contributed by atoms with Crippen molar-refractivity contribution in [1.29, 1.82) is 0 Å². The number of para-hydroxylation sites is 2. The topological polar surface area (TPSA) is 353 Å². The molecular weight excluding hydrogens is 838 g/mol. The minimum Gasteiger partial charge on any atom is -0.503 e. The number of aryl methyl sites for hydroxylation is 1. The number of ketones is 1. The molecule has 1 aliphatic rings. The molecule has 3 heterocycles. The predicted octanol–water partition coefficient (Wildman–Crippen LogP) is 4.31. The van der Waals surface area contributed by atoms with Crippen molar-refractivity contribution >= 4 is 74.9 Å². The highest BCUT2D eigenvalue weighted by Gasteiger charge is 2.27. The monoisotopic (exact) mass is 883 g/mol. The molecule has 59 heavy (non-hydrogen) atoms. The van der Waals surface area contributed by atoms with Gasteiger partial charge in [0.15, 0.2) is 11.5 Å². The number of carboxylic acid groups (broad SMARTS) is 2. The zero-order valence-electron chi connectivity index (χ0n) is 32.5. The minimum atomic E-state index is -4.82. The van der Waals surface area contributed by atoms with Gasteiger partial charge in [-0.3, -0.25) is 24.1 Å². The number of aliphatic carboxylic acids is 1. The van der Waals surface area contributed by atoms with Crippen LogP contribution in [0.2, 0.25) is 0 Å². The Kier molecular flexibility index (Phi) is 20.4. The molecule has 2 aromatic carbocycles. The summed E-state index contributed by atoms with van der Waals surface area (Å²) in [5.74, 6) is -1.26. The standard InChI is InChI=1S/C15H12N2O2.C8H16O2.C7H9NO2.C4H6N4O3S2.CH3O5P/c16-15(19)17-12-7-3-1-5-10(12)9-14(18)11-6-2-4-8-13(11)17;1-3-5-7(6-4-2)8(9)10;1-5-7(10)6(9)3-4-8(5)2;1-2(9)6-3-7-8-4(12-3)13(5,10)11;2-1(3)7(4,5)6/h1-8H,9H2,(H2,16,19);7H,3-6H2,1-2H3,(H,9,10);3-4,10H,1-2H3;1H3,(H2,5,10,11)(H,6,7,9);(H,2,3)(H2,4,5,6). The number of anilines is 3. The summed E-state index contributed by atoms with van der Waals surface area (Å²) in [7, 11) is -6.87. The number of carbonyl (C=O) groups excluding carboxylic acids is 3. The molecule has 10 N–H and O–H groups in total. The maximum Gasteiger partial charge on any atom is 0.433 e. The smallest absolute Gasteiger partial charge is 0.433 e. The molecule has 1 aliphatic heterocycles. The Labute approximate surface area is 342 Å². The fourth-order valence-corrected chi connectivity index (χ4v) is 6.13. The van der Waals surface area contributed by atoms with Crippen LogP contribution in [0.4, 0.5) is 26.1 Å². The van der Waals surface area contributed by atoms with Gasteiger partial charge in [0.05, 0.1) is 23.0 Å². The highest BCUT2D eigenvalue weighted by molar-refractivity contribution is 7.91. The third-order valence-electron chi connectivity index (χ3n) is 7.61. The van der Waals surface area contributed by atoms with Crippen molar-refractivity contribution in [3.63, 3.8) is 0 Å². The van der Waals surface area contributed by atoms with Gasteiger partial charge in [-0.05, 0) is 43.5 Å². The van der Waals surface area contributed by atoms with Gasteiger partial charge in [0.1, 0.15) is 0 Å². The van der Waals surface area contributed by atoms with Crippen molar-refractivity contribution in [2.45, 2.75) is 64.1 Å². The van der Waals surface area contributed by atoms with E-state index in [-0.39, 0.29) is 44.7 Å². The van der Waals surface area contributed by atoms with Gasteiger partial charge >= 0.3 is 25.3 Å². The van der Waals surface area contributed by atoms with E-state index in [4.69, 9.17) is 36.0 Å². The van der Waals surface area contributed by atoms with Crippen LogP contribution in [0.25, 0.3) is 0 Å². The molecule has 0 radical (unpaired) electrons. The fraction of sp³-hybridized carbons (Fsp3) is 0.314. The number of aromatic hydroxyl groups is 1. The Hall–Kier alpha value is -5.84. The van der Waals surface area contributed by atoms with Gasteiger partial charge in [0.25, 0.3) is 10.0 Å². The summed E-state index contributed by atoms with van der Waals surface area (Å²) in [6, 6.07) is 15.1. The number of rotatable bonds is 8. The highest BCUT2D eigenvalue weighted by atomic mass is 32.2. The lowest BCUT2D eigenvalue weighted by Gasteiger charge is -2.22. The van der Waals surface area contributed by atoms with Crippen LogP contribution in [0.3, 0.4) is 0 Å². The van der Waals surface area contributed by atoms with Crippen LogP contribution in [0, 0.1) is 12.8 Å². The van der Waals surface area contributed by atoms with Crippen molar-refractivity contribution in [3.8, 4) is 5.75 Å². The summed E-state index contributed by atoms with van der Waals surface area (Å²) in [6.45, 7) is 7.01. The van der Waals surface area contributed by atoms with E-state index in [2.05, 4.69) is 15.5 Å². The van der Waals surface area contributed by atoms with Crippen molar-refractivity contribution in [3.05, 3.63) is 87.8 Å². The maximum absolute atomic E-state index is 12.3. The average Bonchev–Trinajstić information content (AvgIpc) is 3.58. The van der Waals surface area contributed by atoms with Gasteiger partial charge in [-0.1, -0.05) is 68.4 Å². The molecule has 0 saturated heterocycles. The molecule has 0 bridgehead atoms. The van der Waals surface area contributed by atoms with Gasteiger partial charge in [0, 0.05) is 38.2 Å². The number of sulfonamides is 1. The Balaban J connectivity index is 0.000000387. The van der Waals surface area contributed by atoms with Crippen LogP contribution in [0.1, 0.15) is 68.1 Å². The second-order valence-electron chi connectivity index (χ2n) is 12.2. The first-order valence-corrected chi connectivity index (χ1v) is 21.1. The number of Topliss-reactive ketones (excluding diaryl/α,β-unsaturated/α-hetero) is 1. The summed E-state index contributed by atoms with van der Waals surface area (Å²) in [6.07, 6.45) is 5.48. The first-order valence-electron chi connectivity index (χ1n) is 17.2. The summed E-state index contributed by atoms with van der Waals surface area (Å²) in [5, 5.41) is 39.0. The normalized spacial score (nSPS) is 11.5. The number of amides is 3. The molecule has 0 saturated carbocycles. The Morgan fingerprint density at radius 3 is 1.92 bits per heavy atom. The summed E-state index contributed by atoms with van der Waals surface area (Å²) in [5.41, 5.74) is 6.22. The highest BCUT2D eigenvalue weighted by Crippen LogP contribution is 2.36. The molecule has 24 heteroatoms. The lowest BCUT2D eigenvalue weighted by atomic mass is 9.99. The van der Waals surface area contributed by atoms with E-state index in [1.807, 2.05) is 32.0 Å². The van der Waals surface area contributed by atoms with Gasteiger partial charge in [-0.2, -0.15) is 0 Å². The van der Waals surface area contributed by atoms with E-state index in [0.717, 1.165) is 31.2 Å². The summed E-state index contributed by atoms with van der Waals surface area (Å²) in [4.78, 5) is 81.6. The Morgan fingerprint density at radius 1 is 0.949 bits per heavy atom. The van der Waals surface area contributed by atoms with Gasteiger partial charge in [-0.25, -0.2) is 27.7 Å². The number of carboxylic acids is 1. The van der Waals surface area contributed by atoms with Gasteiger partial charge in [-0.15, -0.1) is 10.2 Å². The number of hydrogen-bond donors (Lipinski definition) is 8. The minimum absolute atomic E-state index is 0.00759. The molecule has 0 aliphatic carbocycles. The third-order valence-corrected chi connectivity index (χ3v) is 10.3. The van der Waals surface area contributed by atoms with Crippen molar-refractivity contribution < 1.29 is 62.1 Å². The van der Waals surface area contributed by atoms with Crippen LogP contribution >= 0.6 is 18.9 Å². The number of nitrogens with one attached hydrogen (secondary N) is 1. The van der Waals surface area contributed by atoms with E-state index >= 15 is 0 Å². The van der Waals surface area contributed by atoms with Gasteiger partial charge in [0.2, 0.25) is 20.8 Å². The molecule has 2 aromatic heterocycles. The van der Waals surface area contributed by atoms with E-state index in [1.54, 1.807) is 55.1 Å². The Bertz CT molecular complexity index is 2320. The quantitative estimate of drug-likeness (QED) is 0.0902. The predicted molar refractivity (Wildman–Crippen MR) is 217 cm³/mol. The van der Waals surface area contributed by atoms with E-state index in [9.17, 15) is 41.8 Å². The lowest BCUT2D eigenvalue weighted by Crippen LogP contribution is -2.32. The molecule has 0 fully saturated rings. The maximum atomic E-state index is 12.3. The van der Waals surface area contributed by atoms with Gasteiger partial charge < -0.3 is 40.7 Å². The number of pyridine rings is 1. The first-order chi connectivity index (χ1) is 27.4. The SMILES string of the molecule is CC(=O)Nc1nnc(S(N)(=O)=O)s1.CCCC(CCC)C(=O)O.Cc1c(O)c(=O)ccn1C.NC(=O)N1c2ccccc2CC(=O)c2ccccc21.O=C(O)P(=O)(O)O. The number of primary amides is 1. The first kappa shape index (κ1) is 51.2. The number of fused-ring (bicyclic) bond motifs is 2. The summed E-state index contributed by atoms with van der Waals surface area (Å²) < 4.78 is 32.2. The van der Waals surface area contributed by atoms with Crippen molar-refractivity contribution in [2.24, 2.45) is 23.8 Å². The third kappa shape index (κ3) is 16.9. The van der Waals surface area contributed by atoms with Crippen LogP contribution in [0.15, 0.2) is 69.9 Å². The molecule has 0 spiro atoms. The number of nitrogens with zero attached hydrogens (tertiary/aromatic N) is 4. The molecule has 0 atom stereocenters. The van der Waals surface area contributed by atoms with E-state index < -0.39 is 35.3 Å². The number of nitrogens with two attached hydrogens (primary N) is 2. The second-order valence-corrected chi connectivity index (χ2v) is 16.4. The van der Waals surface area contributed by atoms with Crippen LogP contribution in [-0.2, 0) is 37.6 Å². The zero-order chi connectivity index (χ0) is 45.2. The van der Waals surface area contributed by atoms with Crippen LogP contribution in [-0.4, -0.2) is 77.7 Å². The fourth-order valence-electron chi connectivity index (χ4n) is 4.75.